The van der Waals surface area contributed by atoms with E-state index in [1.54, 1.807) is 0 Å². The van der Waals surface area contributed by atoms with E-state index in [9.17, 15) is 9.59 Å². The monoisotopic (exact) mass is 417 g/mol. The van der Waals surface area contributed by atoms with Crippen molar-refractivity contribution in [3.8, 4) is 22.3 Å². The van der Waals surface area contributed by atoms with Crippen LogP contribution < -0.4 is 5.73 Å². The molecule has 1 fully saturated rings. The number of aromatic nitrogens is 1. The Morgan fingerprint density at radius 1 is 1.06 bits per heavy atom. The Balaban J connectivity index is 1.58. The molecule has 2 N–H and O–H groups in total. The van der Waals surface area contributed by atoms with Gasteiger partial charge in [-0.15, -0.1) is 0 Å². The average Bonchev–Trinajstić information content (AvgIpc) is 3.31. The zero-order chi connectivity index (χ0) is 21.7. The minimum Gasteiger partial charge on any atom is -0.378 e. The summed E-state index contributed by atoms with van der Waals surface area (Å²) in [5.41, 5.74) is 13.3. The van der Waals surface area contributed by atoms with Gasteiger partial charge in [0.05, 0.1) is 18.9 Å². The molecule has 1 saturated heterocycles. The molecule has 0 atom stereocenters. The first-order chi connectivity index (χ1) is 14.9. The van der Waals surface area contributed by atoms with E-state index in [0.717, 1.165) is 39.1 Å². The summed E-state index contributed by atoms with van der Waals surface area (Å²) < 4.78 is 10.7. The van der Waals surface area contributed by atoms with Crippen LogP contribution in [-0.2, 0) is 11.2 Å². The van der Waals surface area contributed by atoms with E-state index in [1.807, 2.05) is 43.0 Å². The number of benzene rings is 2. The second-order valence-corrected chi connectivity index (χ2v) is 8.07. The lowest BCUT2D eigenvalue weighted by atomic mass is 9.93. The van der Waals surface area contributed by atoms with Gasteiger partial charge in [-0.05, 0) is 72.4 Å². The van der Waals surface area contributed by atoms with Gasteiger partial charge in [-0.3, -0.25) is 9.59 Å². The lowest BCUT2D eigenvalue weighted by Gasteiger charge is -2.27. The Bertz CT molecular complexity index is 1200. The van der Waals surface area contributed by atoms with Gasteiger partial charge in [0.25, 0.3) is 5.91 Å². The molecular formula is C24H23N3O4. The highest BCUT2D eigenvalue weighted by atomic mass is 16.5. The Labute approximate surface area is 179 Å². The van der Waals surface area contributed by atoms with Crippen LogP contribution in [0.15, 0.2) is 34.9 Å². The number of primary amides is 1. The molecule has 7 heteroatoms. The van der Waals surface area contributed by atoms with Crippen LogP contribution >= 0.6 is 0 Å². The predicted molar refractivity (Wildman–Crippen MR) is 115 cm³/mol. The highest BCUT2D eigenvalue weighted by Gasteiger charge is 2.27. The zero-order valence-electron chi connectivity index (χ0n) is 17.5. The molecule has 2 aliphatic rings. The number of hydrogen-bond donors (Lipinski definition) is 1. The lowest BCUT2D eigenvalue weighted by Crippen LogP contribution is -2.40. The molecule has 0 unspecified atom stereocenters. The van der Waals surface area contributed by atoms with Gasteiger partial charge in [-0.1, -0.05) is 11.2 Å². The lowest BCUT2D eigenvalue weighted by molar-refractivity contribution is 0.0303. The van der Waals surface area contributed by atoms with E-state index in [4.69, 9.17) is 15.0 Å². The minimum absolute atomic E-state index is 0.00795. The quantitative estimate of drug-likeness (QED) is 0.552. The van der Waals surface area contributed by atoms with Gasteiger partial charge in [0.15, 0.2) is 0 Å². The molecule has 1 aromatic heterocycles. The number of aryl methyl sites for hydroxylation is 2. The molecule has 1 aliphatic heterocycles. The molecule has 2 heterocycles. The molecule has 31 heavy (non-hydrogen) atoms. The number of nitrogens with two attached hydrogens (primary N) is 1. The summed E-state index contributed by atoms with van der Waals surface area (Å²) in [6.07, 6.45) is 0.565. The standard InChI is InChI=1S/C24H23N3O4/c1-13-22(14(2)31-26-13)17-11-19-18-4-3-15(24(29)27-5-7-30-8-6-27)9-16(18)10-20(19)21(12-17)23(25)28/h3-4,9,11-12H,5-8,10H2,1-2H3,(H2,25,28). The number of rotatable bonds is 3. The van der Waals surface area contributed by atoms with Gasteiger partial charge in [-0.25, -0.2) is 0 Å². The van der Waals surface area contributed by atoms with Gasteiger partial charge in [0.1, 0.15) is 5.76 Å². The molecule has 0 saturated carbocycles. The molecule has 0 bridgehead atoms. The third kappa shape index (κ3) is 3.21. The van der Waals surface area contributed by atoms with Crippen molar-refractivity contribution in [3.05, 3.63) is 64.0 Å². The fraction of sp³-hybridized carbons (Fsp3) is 0.292. The summed E-state index contributed by atoms with van der Waals surface area (Å²) in [4.78, 5) is 27.0. The number of carbonyl (C=O) groups excluding carboxylic acids is 2. The summed E-state index contributed by atoms with van der Waals surface area (Å²) in [7, 11) is 0. The van der Waals surface area contributed by atoms with Crippen LogP contribution in [0.3, 0.4) is 0 Å². The van der Waals surface area contributed by atoms with Gasteiger partial charge in [-0.2, -0.15) is 0 Å². The first kappa shape index (κ1) is 19.5. The maximum atomic E-state index is 12.9. The number of nitrogens with zero attached hydrogens (tertiary/aromatic N) is 2. The summed E-state index contributed by atoms with van der Waals surface area (Å²) >= 11 is 0. The molecule has 7 nitrogen and oxygen atoms in total. The number of fused-ring (bicyclic) bond motifs is 3. The van der Waals surface area contributed by atoms with E-state index in [2.05, 4.69) is 11.2 Å². The predicted octanol–water partition coefficient (Wildman–Crippen LogP) is 3.10. The zero-order valence-corrected chi connectivity index (χ0v) is 17.5. The maximum absolute atomic E-state index is 12.9. The molecule has 0 radical (unpaired) electrons. The first-order valence-corrected chi connectivity index (χ1v) is 10.3. The van der Waals surface area contributed by atoms with Crippen molar-refractivity contribution in [1.82, 2.24) is 10.1 Å². The normalized spacial score (nSPS) is 15.0. The van der Waals surface area contributed by atoms with Crippen molar-refractivity contribution < 1.29 is 18.8 Å². The van der Waals surface area contributed by atoms with Crippen LogP contribution in [-0.4, -0.2) is 48.2 Å². The van der Waals surface area contributed by atoms with Gasteiger partial charge in [0.2, 0.25) is 5.91 Å². The van der Waals surface area contributed by atoms with E-state index < -0.39 is 5.91 Å². The third-order valence-corrected chi connectivity index (χ3v) is 6.15. The van der Waals surface area contributed by atoms with Crippen LogP contribution in [0.25, 0.3) is 22.3 Å². The molecule has 0 spiro atoms. The Morgan fingerprint density at radius 3 is 2.52 bits per heavy atom. The number of hydrogen-bond acceptors (Lipinski definition) is 5. The second-order valence-electron chi connectivity index (χ2n) is 8.07. The number of amides is 2. The van der Waals surface area contributed by atoms with E-state index in [0.29, 0.717) is 49.6 Å². The molecule has 2 amide bonds. The van der Waals surface area contributed by atoms with Crippen molar-refractivity contribution >= 4 is 11.8 Å². The number of ether oxygens (including phenoxy) is 1. The fourth-order valence-electron chi connectivity index (χ4n) is 4.64. The molecule has 158 valence electrons. The Kier molecular flexibility index (Phi) is 4.63. The number of carbonyl (C=O) groups is 2. The summed E-state index contributed by atoms with van der Waals surface area (Å²) in [5, 5.41) is 4.04. The van der Waals surface area contributed by atoms with Gasteiger partial charge < -0.3 is 19.9 Å². The minimum atomic E-state index is -0.470. The van der Waals surface area contributed by atoms with E-state index in [-0.39, 0.29) is 5.91 Å². The molecule has 5 rings (SSSR count). The average molecular weight is 417 g/mol. The SMILES string of the molecule is Cc1noc(C)c1-c1cc(C(N)=O)c2c(c1)-c1ccc(C(=O)N3CCOCC3)cc1C2. The van der Waals surface area contributed by atoms with Crippen LogP contribution in [0.1, 0.15) is 43.3 Å². The maximum Gasteiger partial charge on any atom is 0.254 e. The highest BCUT2D eigenvalue weighted by Crippen LogP contribution is 2.42. The van der Waals surface area contributed by atoms with Crippen molar-refractivity contribution in [3.63, 3.8) is 0 Å². The molecule has 1 aliphatic carbocycles. The topological polar surface area (TPSA) is 98.7 Å². The third-order valence-electron chi connectivity index (χ3n) is 6.15. The van der Waals surface area contributed by atoms with Crippen molar-refractivity contribution in [2.75, 3.05) is 26.3 Å². The van der Waals surface area contributed by atoms with Crippen LogP contribution in [0.2, 0.25) is 0 Å². The van der Waals surface area contributed by atoms with Crippen LogP contribution in [0.5, 0.6) is 0 Å². The van der Waals surface area contributed by atoms with Crippen LogP contribution in [0, 0.1) is 13.8 Å². The Hall–Kier alpha value is -3.45. The van der Waals surface area contributed by atoms with Gasteiger partial charge in [0, 0.05) is 29.8 Å². The highest BCUT2D eigenvalue weighted by molar-refractivity contribution is 6.01. The smallest absolute Gasteiger partial charge is 0.254 e. The summed E-state index contributed by atoms with van der Waals surface area (Å²) in [6, 6.07) is 9.64. The van der Waals surface area contributed by atoms with Crippen molar-refractivity contribution in [1.29, 1.82) is 0 Å². The molecular weight excluding hydrogens is 394 g/mol. The fourth-order valence-corrected chi connectivity index (χ4v) is 4.64. The van der Waals surface area contributed by atoms with Gasteiger partial charge >= 0.3 is 0 Å². The molecule has 3 aromatic rings. The summed E-state index contributed by atoms with van der Waals surface area (Å²) in [6.45, 7) is 6.05. The van der Waals surface area contributed by atoms with E-state index in [1.165, 1.54) is 0 Å². The number of morpholine rings is 1. The molecule has 2 aromatic carbocycles. The first-order valence-electron chi connectivity index (χ1n) is 10.3. The summed E-state index contributed by atoms with van der Waals surface area (Å²) in [5.74, 6) is 0.230. The van der Waals surface area contributed by atoms with Crippen molar-refractivity contribution in [2.24, 2.45) is 5.73 Å². The Morgan fingerprint density at radius 2 is 1.84 bits per heavy atom. The largest absolute Gasteiger partial charge is 0.378 e. The second kappa shape index (κ2) is 7.35. The van der Waals surface area contributed by atoms with Crippen molar-refractivity contribution in [2.45, 2.75) is 20.3 Å². The van der Waals surface area contributed by atoms with Crippen LogP contribution in [0.4, 0.5) is 0 Å². The van der Waals surface area contributed by atoms with E-state index >= 15 is 0 Å².